The number of carbonyl (C=O) groups excluding carboxylic acids is 1. The van der Waals surface area contributed by atoms with Gasteiger partial charge in [0.1, 0.15) is 16.7 Å². The minimum absolute atomic E-state index is 0.0895. The van der Waals surface area contributed by atoms with Gasteiger partial charge in [0.05, 0.1) is 17.8 Å². The lowest BCUT2D eigenvalue weighted by atomic mass is 10.1. The average Bonchev–Trinajstić information content (AvgIpc) is 2.94. The first-order valence-electron chi connectivity index (χ1n) is 7.80. The van der Waals surface area contributed by atoms with Gasteiger partial charge in [0.2, 0.25) is 0 Å². The molecule has 0 N–H and O–H groups in total. The topological polar surface area (TPSA) is 51.0 Å². The van der Waals surface area contributed by atoms with Gasteiger partial charge in [-0.05, 0) is 26.0 Å². The minimum atomic E-state index is -4.59. The Bertz CT molecular complexity index is 788. The first-order valence-corrected chi connectivity index (χ1v) is 8.17. The van der Waals surface area contributed by atoms with Gasteiger partial charge in [-0.2, -0.15) is 18.3 Å². The van der Waals surface area contributed by atoms with Gasteiger partial charge in [-0.3, -0.25) is 14.4 Å². The molecule has 0 bridgehead atoms. The number of halogens is 4. The molecule has 0 spiro atoms. The summed E-state index contributed by atoms with van der Waals surface area (Å²) in [6.45, 7) is 7.86. The van der Waals surface area contributed by atoms with E-state index in [4.69, 9.17) is 11.6 Å². The van der Waals surface area contributed by atoms with Crippen molar-refractivity contribution in [3.63, 3.8) is 0 Å². The highest BCUT2D eigenvalue weighted by molar-refractivity contribution is 6.30. The van der Waals surface area contributed by atoms with Gasteiger partial charge in [-0.15, -0.1) is 0 Å². The molecule has 1 aliphatic heterocycles. The second kappa shape index (κ2) is 7.03. The molecular formula is C16H18ClF3N4O. The van der Waals surface area contributed by atoms with E-state index in [-0.39, 0.29) is 24.3 Å². The Balaban J connectivity index is 0.00000109. The second-order valence-electron chi connectivity index (χ2n) is 5.39. The summed E-state index contributed by atoms with van der Waals surface area (Å²) in [6.07, 6.45) is -3.00. The molecule has 5 nitrogen and oxygen atoms in total. The van der Waals surface area contributed by atoms with Gasteiger partial charge in [0, 0.05) is 12.1 Å². The van der Waals surface area contributed by atoms with E-state index in [1.807, 2.05) is 20.8 Å². The Morgan fingerprint density at radius 1 is 1.28 bits per heavy atom. The summed E-state index contributed by atoms with van der Waals surface area (Å²) in [5.41, 5.74) is 0.0766. The summed E-state index contributed by atoms with van der Waals surface area (Å²) in [6, 6.07) is 1.86. The number of fused-ring (bicyclic) bond motifs is 1. The molecule has 0 fully saturated rings. The molecule has 0 radical (unpaired) electrons. The van der Waals surface area contributed by atoms with Crippen LogP contribution in [0.1, 0.15) is 48.4 Å². The summed E-state index contributed by atoms with van der Waals surface area (Å²) in [4.78, 5) is 17.7. The van der Waals surface area contributed by atoms with Crippen LogP contribution in [-0.4, -0.2) is 27.2 Å². The van der Waals surface area contributed by atoms with Crippen LogP contribution < -0.4 is 4.90 Å². The maximum Gasteiger partial charge on any atom is 0.419 e. The van der Waals surface area contributed by atoms with Crippen molar-refractivity contribution in [2.75, 3.05) is 11.4 Å². The highest BCUT2D eigenvalue weighted by Crippen LogP contribution is 2.35. The van der Waals surface area contributed by atoms with E-state index in [0.29, 0.717) is 11.3 Å². The number of rotatable bonds is 1. The van der Waals surface area contributed by atoms with E-state index in [9.17, 15) is 18.0 Å². The number of pyridine rings is 1. The largest absolute Gasteiger partial charge is 0.419 e. The highest BCUT2D eigenvalue weighted by atomic mass is 35.5. The average molecular weight is 375 g/mol. The zero-order chi connectivity index (χ0) is 18.9. The van der Waals surface area contributed by atoms with Crippen LogP contribution in [0, 0.1) is 6.92 Å². The van der Waals surface area contributed by atoms with E-state index in [1.54, 1.807) is 17.8 Å². The van der Waals surface area contributed by atoms with E-state index in [2.05, 4.69) is 10.1 Å². The van der Waals surface area contributed by atoms with Crippen LogP contribution in [-0.2, 0) is 6.18 Å². The van der Waals surface area contributed by atoms with Crippen molar-refractivity contribution < 1.29 is 18.0 Å². The Labute approximate surface area is 148 Å². The number of hydrogen-bond acceptors (Lipinski definition) is 3. The first-order chi connectivity index (χ1) is 11.7. The lowest BCUT2D eigenvalue weighted by Crippen LogP contribution is -2.43. The standard InChI is InChI=1S/C14H12ClF3N4O.C2H6/c1-7-5-19-22-8(2)6-21(13(23)11(7)22)10-4-3-9(12(15)20-10)14(16,17)18;1-2/h3-5,8H,6H2,1-2H3;1-2H3/t8-;/m0./s1. The molecule has 0 saturated heterocycles. The Morgan fingerprint density at radius 2 is 1.92 bits per heavy atom. The predicted molar refractivity (Wildman–Crippen MR) is 88.9 cm³/mol. The van der Waals surface area contributed by atoms with Gasteiger partial charge in [-0.25, -0.2) is 4.98 Å². The van der Waals surface area contributed by atoms with Gasteiger partial charge in [-0.1, -0.05) is 25.4 Å². The molecule has 2 aromatic heterocycles. The fourth-order valence-corrected chi connectivity index (χ4v) is 2.84. The fraction of sp³-hybridized carbons (Fsp3) is 0.438. The third-order valence-electron chi connectivity index (χ3n) is 3.71. The lowest BCUT2D eigenvalue weighted by Gasteiger charge is -2.31. The van der Waals surface area contributed by atoms with E-state index in [0.717, 1.165) is 12.1 Å². The van der Waals surface area contributed by atoms with Crippen molar-refractivity contribution in [2.24, 2.45) is 0 Å². The number of aryl methyl sites for hydroxylation is 1. The molecular weight excluding hydrogens is 357 g/mol. The Hall–Kier alpha value is -2.09. The molecule has 9 heteroatoms. The molecule has 0 aliphatic carbocycles. The van der Waals surface area contributed by atoms with Gasteiger partial charge in [0.25, 0.3) is 5.91 Å². The zero-order valence-corrected chi connectivity index (χ0v) is 15.0. The smallest absolute Gasteiger partial charge is 0.289 e. The van der Waals surface area contributed by atoms with Gasteiger partial charge in [0.15, 0.2) is 0 Å². The van der Waals surface area contributed by atoms with Crippen molar-refractivity contribution in [3.8, 4) is 0 Å². The summed E-state index contributed by atoms with van der Waals surface area (Å²) in [5.74, 6) is -0.270. The molecule has 136 valence electrons. The molecule has 1 atom stereocenters. The second-order valence-corrected chi connectivity index (χ2v) is 5.75. The summed E-state index contributed by atoms with van der Waals surface area (Å²) in [5, 5.41) is 3.48. The summed E-state index contributed by atoms with van der Waals surface area (Å²) < 4.78 is 39.9. The van der Waals surface area contributed by atoms with E-state index < -0.39 is 16.9 Å². The number of aromatic nitrogens is 3. The number of anilines is 1. The molecule has 25 heavy (non-hydrogen) atoms. The van der Waals surface area contributed by atoms with E-state index in [1.165, 1.54) is 4.90 Å². The van der Waals surface area contributed by atoms with Crippen LogP contribution in [0.2, 0.25) is 5.15 Å². The predicted octanol–water partition coefficient (Wildman–Crippen LogP) is 4.51. The Morgan fingerprint density at radius 3 is 2.48 bits per heavy atom. The van der Waals surface area contributed by atoms with Gasteiger partial charge < -0.3 is 0 Å². The summed E-state index contributed by atoms with van der Waals surface area (Å²) in [7, 11) is 0. The van der Waals surface area contributed by atoms with Crippen LogP contribution in [0.4, 0.5) is 19.0 Å². The normalized spacial score (nSPS) is 17.0. The highest BCUT2D eigenvalue weighted by Gasteiger charge is 2.36. The van der Waals surface area contributed by atoms with Crippen molar-refractivity contribution in [1.82, 2.24) is 14.8 Å². The number of carbonyl (C=O) groups is 1. The molecule has 0 unspecified atom stereocenters. The SMILES string of the molecule is CC.Cc1cnn2c1C(=O)N(c1ccc(C(F)(F)F)c(Cl)n1)C[C@@H]2C. The maximum atomic E-state index is 12.8. The molecule has 1 aliphatic rings. The van der Waals surface area contributed by atoms with Crippen LogP contribution in [0.5, 0.6) is 0 Å². The number of hydrogen-bond donors (Lipinski definition) is 0. The quantitative estimate of drug-likeness (QED) is 0.690. The third kappa shape index (κ3) is 3.49. The summed E-state index contributed by atoms with van der Waals surface area (Å²) >= 11 is 5.64. The van der Waals surface area contributed by atoms with Crippen molar-refractivity contribution in [2.45, 2.75) is 39.9 Å². The fourth-order valence-electron chi connectivity index (χ4n) is 2.59. The van der Waals surface area contributed by atoms with Crippen LogP contribution in [0.25, 0.3) is 0 Å². The van der Waals surface area contributed by atoms with Crippen LogP contribution >= 0.6 is 11.6 Å². The molecule has 3 heterocycles. The monoisotopic (exact) mass is 374 g/mol. The number of nitrogens with zero attached hydrogens (tertiary/aromatic N) is 4. The van der Waals surface area contributed by atoms with Crippen LogP contribution in [0.3, 0.4) is 0 Å². The minimum Gasteiger partial charge on any atom is -0.289 e. The maximum absolute atomic E-state index is 12.8. The molecule has 1 amide bonds. The lowest BCUT2D eigenvalue weighted by molar-refractivity contribution is -0.137. The van der Waals surface area contributed by atoms with Gasteiger partial charge >= 0.3 is 6.18 Å². The van der Waals surface area contributed by atoms with E-state index >= 15 is 0 Å². The van der Waals surface area contributed by atoms with Crippen molar-refractivity contribution >= 4 is 23.3 Å². The number of alkyl halides is 3. The molecule has 2 aromatic rings. The number of amides is 1. The molecule has 0 saturated carbocycles. The van der Waals surface area contributed by atoms with Crippen molar-refractivity contribution in [1.29, 1.82) is 0 Å². The zero-order valence-electron chi connectivity index (χ0n) is 14.2. The van der Waals surface area contributed by atoms with Crippen molar-refractivity contribution in [3.05, 3.63) is 40.3 Å². The Kier molecular flexibility index (Phi) is 5.41. The molecule has 3 rings (SSSR count). The third-order valence-corrected chi connectivity index (χ3v) is 3.99. The first kappa shape index (κ1) is 19.2. The molecule has 0 aromatic carbocycles. The van der Waals surface area contributed by atoms with Crippen LogP contribution in [0.15, 0.2) is 18.3 Å².